The largest absolute Gasteiger partial charge is 0.493 e. The van der Waals surface area contributed by atoms with Gasteiger partial charge in [-0.25, -0.2) is 0 Å². The van der Waals surface area contributed by atoms with Gasteiger partial charge in [0.2, 0.25) is 0 Å². The molecule has 0 N–H and O–H groups in total. The zero-order chi connectivity index (χ0) is 21.8. The highest BCUT2D eigenvalue weighted by Crippen LogP contribution is 2.39. The molecule has 0 radical (unpaired) electrons. The number of ether oxygens (including phenoxy) is 4. The Kier molecular flexibility index (Phi) is 6.16. The molecule has 0 aliphatic rings. The molecule has 1 aromatic heterocycles. The van der Waals surface area contributed by atoms with E-state index in [1.165, 1.54) is 7.11 Å². The van der Waals surface area contributed by atoms with E-state index < -0.39 is 0 Å². The van der Waals surface area contributed by atoms with Crippen molar-refractivity contribution in [1.29, 1.82) is 0 Å². The van der Waals surface area contributed by atoms with Gasteiger partial charge in [-0.05, 0) is 35.2 Å². The molecule has 0 atom stereocenters. The van der Waals surface area contributed by atoms with Crippen LogP contribution in [0, 0.1) is 0 Å². The van der Waals surface area contributed by atoms with Crippen LogP contribution < -0.4 is 24.5 Å². The van der Waals surface area contributed by atoms with Gasteiger partial charge in [0.25, 0.3) is 5.56 Å². The Morgan fingerprint density at radius 3 is 2.13 bits per heavy atom. The third-order valence-corrected chi connectivity index (χ3v) is 4.98. The predicted octanol–water partition coefficient (Wildman–Crippen LogP) is 4.53. The summed E-state index contributed by atoms with van der Waals surface area (Å²) in [4.78, 5) is 13.5. The van der Waals surface area contributed by atoms with E-state index in [4.69, 9.17) is 18.9 Å². The van der Waals surface area contributed by atoms with Crippen LogP contribution in [0.4, 0.5) is 0 Å². The van der Waals surface area contributed by atoms with Crippen molar-refractivity contribution in [2.75, 3.05) is 28.4 Å². The minimum Gasteiger partial charge on any atom is -0.493 e. The zero-order valence-electron chi connectivity index (χ0n) is 17.7. The van der Waals surface area contributed by atoms with Gasteiger partial charge in [-0.3, -0.25) is 4.79 Å². The quantitative estimate of drug-likeness (QED) is 0.514. The maximum atomic E-state index is 13.5. The third-order valence-electron chi connectivity index (χ3n) is 4.98. The van der Waals surface area contributed by atoms with Gasteiger partial charge in [0.15, 0.2) is 23.0 Å². The standard InChI is InChI=1S/C24H25NO5/c1-7-11-25-18(17-14-21(29-5)20(28-4)13-15(17)8-2)12-16-9-10-19(27-3)23(30-6)22(16)24(25)26/h7-10,12-14H,1-2,11H2,3-6H3. The minimum absolute atomic E-state index is 0.206. The zero-order valence-corrected chi connectivity index (χ0v) is 17.7. The van der Waals surface area contributed by atoms with Crippen molar-refractivity contribution < 1.29 is 18.9 Å². The second kappa shape index (κ2) is 8.78. The number of aromatic nitrogens is 1. The second-order valence-corrected chi connectivity index (χ2v) is 6.50. The van der Waals surface area contributed by atoms with E-state index >= 15 is 0 Å². The first-order chi connectivity index (χ1) is 14.5. The lowest BCUT2D eigenvalue weighted by molar-refractivity contribution is 0.355. The van der Waals surface area contributed by atoms with Crippen LogP contribution in [0.5, 0.6) is 23.0 Å². The number of methoxy groups -OCH3 is 4. The molecule has 0 unspecified atom stereocenters. The summed E-state index contributed by atoms with van der Waals surface area (Å²) in [6, 6.07) is 9.25. The molecule has 0 saturated heterocycles. The summed E-state index contributed by atoms with van der Waals surface area (Å²) in [5.74, 6) is 2.04. The fraction of sp³-hybridized carbons (Fsp3) is 0.208. The molecule has 6 nitrogen and oxygen atoms in total. The molecule has 0 spiro atoms. The maximum Gasteiger partial charge on any atom is 0.263 e. The number of nitrogens with zero attached hydrogens (tertiary/aromatic N) is 1. The highest BCUT2D eigenvalue weighted by molar-refractivity contribution is 5.93. The van der Waals surface area contributed by atoms with E-state index in [0.29, 0.717) is 40.6 Å². The summed E-state index contributed by atoms with van der Waals surface area (Å²) in [6.45, 7) is 8.04. The number of hydrogen-bond donors (Lipinski definition) is 0. The summed E-state index contributed by atoms with van der Waals surface area (Å²) in [5.41, 5.74) is 2.10. The first-order valence-electron chi connectivity index (χ1n) is 9.32. The highest BCUT2D eigenvalue weighted by atomic mass is 16.5. The van der Waals surface area contributed by atoms with Crippen LogP contribution in [0.2, 0.25) is 0 Å². The average molecular weight is 407 g/mol. The number of hydrogen-bond acceptors (Lipinski definition) is 5. The Morgan fingerprint density at radius 1 is 0.900 bits per heavy atom. The van der Waals surface area contributed by atoms with E-state index in [9.17, 15) is 4.79 Å². The molecule has 30 heavy (non-hydrogen) atoms. The molecule has 3 rings (SSSR count). The van der Waals surface area contributed by atoms with Crippen LogP contribution in [0.3, 0.4) is 0 Å². The van der Waals surface area contributed by atoms with E-state index in [2.05, 4.69) is 13.2 Å². The van der Waals surface area contributed by atoms with E-state index in [-0.39, 0.29) is 5.56 Å². The molecular weight excluding hydrogens is 382 g/mol. The fourth-order valence-electron chi connectivity index (χ4n) is 3.57. The van der Waals surface area contributed by atoms with Crippen LogP contribution in [-0.2, 0) is 6.54 Å². The maximum absolute atomic E-state index is 13.5. The van der Waals surface area contributed by atoms with Crippen molar-refractivity contribution in [1.82, 2.24) is 4.57 Å². The normalized spacial score (nSPS) is 10.5. The van der Waals surface area contributed by atoms with E-state index in [0.717, 1.165) is 16.5 Å². The molecule has 0 amide bonds. The van der Waals surface area contributed by atoms with Crippen molar-refractivity contribution in [2.45, 2.75) is 6.54 Å². The monoisotopic (exact) mass is 407 g/mol. The average Bonchev–Trinajstić information content (AvgIpc) is 2.78. The van der Waals surface area contributed by atoms with Crippen molar-refractivity contribution in [3.63, 3.8) is 0 Å². The Bertz CT molecular complexity index is 1180. The molecule has 0 saturated carbocycles. The third kappa shape index (κ3) is 3.41. The van der Waals surface area contributed by atoms with Gasteiger partial charge in [0, 0.05) is 12.1 Å². The van der Waals surface area contributed by atoms with Crippen LogP contribution >= 0.6 is 0 Å². The van der Waals surface area contributed by atoms with Gasteiger partial charge in [-0.1, -0.05) is 24.8 Å². The number of benzene rings is 2. The number of allylic oxidation sites excluding steroid dienone is 1. The minimum atomic E-state index is -0.206. The van der Waals surface area contributed by atoms with Gasteiger partial charge in [0.05, 0.1) is 39.5 Å². The van der Waals surface area contributed by atoms with Crippen molar-refractivity contribution >= 4 is 16.8 Å². The van der Waals surface area contributed by atoms with Crippen LogP contribution in [0.25, 0.3) is 28.1 Å². The topological polar surface area (TPSA) is 58.9 Å². The first-order valence-corrected chi connectivity index (χ1v) is 9.32. The van der Waals surface area contributed by atoms with Crippen molar-refractivity contribution in [2.24, 2.45) is 0 Å². The highest BCUT2D eigenvalue weighted by Gasteiger charge is 2.19. The lowest BCUT2D eigenvalue weighted by Gasteiger charge is -2.19. The Labute approximate surface area is 175 Å². The lowest BCUT2D eigenvalue weighted by Crippen LogP contribution is -2.22. The van der Waals surface area contributed by atoms with Gasteiger partial charge in [-0.2, -0.15) is 0 Å². The summed E-state index contributed by atoms with van der Waals surface area (Å²) < 4.78 is 23.4. The van der Waals surface area contributed by atoms with Crippen LogP contribution in [0.15, 0.2) is 54.4 Å². The molecule has 0 fully saturated rings. The van der Waals surface area contributed by atoms with Gasteiger partial charge in [-0.15, -0.1) is 6.58 Å². The summed E-state index contributed by atoms with van der Waals surface area (Å²) >= 11 is 0. The molecule has 6 heteroatoms. The molecule has 0 aliphatic heterocycles. The van der Waals surface area contributed by atoms with Crippen molar-refractivity contribution in [3.05, 3.63) is 65.5 Å². The number of pyridine rings is 1. The molecule has 0 aliphatic carbocycles. The fourth-order valence-corrected chi connectivity index (χ4v) is 3.57. The Morgan fingerprint density at radius 2 is 1.57 bits per heavy atom. The Balaban J connectivity index is 2.45. The molecule has 156 valence electrons. The van der Waals surface area contributed by atoms with Gasteiger partial charge >= 0.3 is 0 Å². The smallest absolute Gasteiger partial charge is 0.263 e. The second-order valence-electron chi connectivity index (χ2n) is 6.50. The number of rotatable bonds is 8. The summed E-state index contributed by atoms with van der Waals surface area (Å²) in [6.07, 6.45) is 3.40. The molecule has 3 aromatic rings. The number of fused-ring (bicyclic) bond motifs is 1. The summed E-state index contributed by atoms with van der Waals surface area (Å²) in [7, 11) is 6.21. The molecular formula is C24H25NO5. The van der Waals surface area contributed by atoms with Gasteiger partial charge < -0.3 is 23.5 Å². The van der Waals surface area contributed by atoms with Crippen molar-refractivity contribution in [3.8, 4) is 34.3 Å². The summed E-state index contributed by atoms with van der Waals surface area (Å²) in [5, 5.41) is 1.18. The van der Waals surface area contributed by atoms with E-state index in [1.54, 1.807) is 44.1 Å². The molecule has 2 aromatic carbocycles. The van der Waals surface area contributed by atoms with Crippen LogP contribution in [-0.4, -0.2) is 33.0 Å². The molecule has 1 heterocycles. The van der Waals surface area contributed by atoms with Gasteiger partial charge in [0.1, 0.15) is 0 Å². The lowest BCUT2D eigenvalue weighted by atomic mass is 9.99. The Hall–Kier alpha value is -3.67. The predicted molar refractivity (Wildman–Crippen MR) is 120 cm³/mol. The van der Waals surface area contributed by atoms with E-state index in [1.807, 2.05) is 24.3 Å². The first kappa shape index (κ1) is 21.0. The SMILES string of the molecule is C=CCn1c(-c2cc(OC)c(OC)cc2C=C)cc2ccc(OC)c(OC)c2c1=O. The molecule has 0 bridgehead atoms. The van der Waals surface area contributed by atoms with Crippen LogP contribution in [0.1, 0.15) is 5.56 Å².